The Labute approximate surface area is 144 Å². The second-order valence-electron chi connectivity index (χ2n) is 7.53. The van der Waals surface area contributed by atoms with Gasteiger partial charge in [-0.25, -0.2) is 0 Å². The molecule has 3 saturated carbocycles. The van der Waals surface area contributed by atoms with E-state index in [1.807, 2.05) is 6.07 Å². The molecule has 3 aliphatic rings. The molecule has 2 bridgehead atoms. The fraction of sp³-hybridized carbons (Fsp3) is 0.611. The molecule has 5 rings (SSSR count). The molecule has 0 unspecified atom stereocenters. The number of nitrogens with zero attached hydrogens (tertiary/aromatic N) is 2. The lowest BCUT2D eigenvalue weighted by molar-refractivity contribution is -0.127. The van der Waals surface area contributed by atoms with Crippen LogP contribution in [-0.2, 0) is 4.79 Å². The molecule has 0 saturated heterocycles. The topological polar surface area (TPSA) is 68.0 Å². The van der Waals surface area contributed by atoms with E-state index in [4.69, 9.17) is 4.52 Å². The normalized spacial score (nSPS) is 31.5. The number of nitrogens with one attached hydrogen (secondary N) is 1. The zero-order valence-corrected chi connectivity index (χ0v) is 14.5. The molecule has 6 heteroatoms. The van der Waals surface area contributed by atoms with Gasteiger partial charge in [0, 0.05) is 10.9 Å². The van der Waals surface area contributed by atoms with Crippen LogP contribution in [-0.4, -0.2) is 22.1 Å². The fourth-order valence-corrected chi connectivity index (χ4v) is 5.37. The number of carbonyl (C=O) groups is 1. The van der Waals surface area contributed by atoms with Crippen LogP contribution in [0.4, 0.5) is 0 Å². The number of rotatable bonds is 4. The summed E-state index contributed by atoms with van der Waals surface area (Å²) in [6.45, 7) is 2.07. The second kappa shape index (κ2) is 5.41. The van der Waals surface area contributed by atoms with Crippen molar-refractivity contribution in [3.05, 3.63) is 22.9 Å². The van der Waals surface area contributed by atoms with Gasteiger partial charge >= 0.3 is 0 Å². The molecule has 0 spiro atoms. The second-order valence-corrected chi connectivity index (χ2v) is 8.82. The van der Waals surface area contributed by atoms with E-state index in [1.54, 1.807) is 11.3 Å². The first kappa shape index (κ1) is 14.6. The highest BCUT2D eigenvalue weighted by Gasteiger charge is 2.54. The van der Waals surface area contributed by atoms with Crippen LogP contribution in [0.2, 0.25) is 0 Å². The minimum Gasteiger partial charge on any atom is -0.353 e. The summed E-state index contributed by atoms with van der Waals surface area (Å²) in [6.07, 6.45) is 5.72. The Bertz CT molecular complexity index is 779. The van der Waals surface area contributed by atoms with Crippen LogP contribution in [0.3, 0.4) is 0 Å². The zero-order valence-electron chi connectivity index (χ0n) is 13.7. The summed E-state index contributed by atoms with van der Waals surface area (Å²) < 4.78 is 5.63. The van der Waals surface area contributed by atoms with E-state index in [-0.39, 0.29) is 17.7 Å². The number of amides is 1. The maximum atomic E-state index is 12.8. The molecule has 3 fully saturated rings. The average Bonchev–Trinajstić information content (AvgIpc) is 3.03. The Hall–Kier alpha value is -1.69. The monoisotopic (exact) mass is 343 g/mol. The summed E-state index contributed by atoms with van der Waals surface area (Å²) in [5, 5.41) is 7.38. The predicted octanol–water partition coefficient (Wildman–Crippen LogP) is 3.51. The van der Waals surface area contributed by atoms with Crippen molar-refractivity contribution in [2.24, 2.45) is 17.8 Å². The zero-order chi connectivity index (χ0) is 16.3. The smallest absolute Gasteiger partial charge is 0.231 e. The minimum atomic E-state index is 0.0164. The molecule has 0 aliphatic heterocycles. The SMILES string of the molecule is Cc1ccc(-c2noc([C@H]3[C@@H]4CC[C@@H](C4)[C@@H]3C(=O)NC3CC3)n2)s1. The van der Waals surface area contributed by atoms with Gasteiger partial charge in [0.2, 0.25) is 17.6 Å². The lowest BCUT2D eigenvalue weighted by Crippen LogP contribution is -2.38. The lowest BCUT2D eigenvalue weighted by Gasteiger charge is -2.27. The van der Waals surface area contributed by atoms with Crippen LogP contribution in [0.25, 0.3) is 10.7 Å². The van der Waals surface area contributed by atoms with E-state index < -0.39 is 0 Å². The van der Waals surface area contributed by atoms with Gasteiger partial charge in [0.1, 0.15) is 0 Å². The molecule has 0 aromatic carbocycles. The molecule has 3 aliphatic carbocycles. The molecule has 126 valence electrons. The number of thiophene rings is 1. The van der Waals surface area contributed by atoms with Crippen molar-refractivity contribution >= 4 is 17.2 Å². The summed E-state index contributed by atoms with van der Waals surface area (Å²) in [5.41, 5.74) is 0. The first-order chi connectivity index (χ1) is 11.7. The van der Waals surface area contributed by atoms with Crippen LogP contribution >= 0.6 is 11.3 Å². The predicted molar refractivity (Wildman–Crippen MR) is 90.6 cm³/mol. The summed E-state index contributed by atoms with van der Waals surface area (Å²) >= 11 is 1.67. The first-order valence-electron chi connectivity index (χ1n) is 8.90. The summed E-state index contributed by atoms with van der Waals surface area (Å²) in [4.78, 5) is 19.7. The molecule has 1 N–H and O–H groups in total. The highest BCUT2D eigenvalue weighted by Crippen LogP contribution is 2.56. The third-order valence-corrected chi connectivity index (χ3v) is 6.83. The fourth-order valence-electron chi connectivity index (χ4n) is 4.57. The van der Waals surface area contributed by atoms with Crippen molar-refractivity contribution in [3.8, 4) is 10.7 Å². The van der Waals surface area contributed by atoms with Crippen LogP contribution < -0.4 is 5.32 Å². The molecule has 2 aromatic rings. The van der Waals surface area contributed by atoms with Gasteiger partial charge in [0.05, 0.1) is 16.7 Å². The van der Waals surface area contributed by atoms with E-state index >= 15 is 0 Å². The van der Waals surface area contributed by atoms with E-state index in [1.165, 1.54) is 11.3 Å². The molecule has 24 heavy (non-hydrogen) atoms. The summed E-state index contributed by atoms with van der Waals surface area (Å²) in [6, 6.07) is 4.51. The Morgan fingerprint density at radius 1 is 1.25 bits per heavy atom. The van der Waals surface area contributed by atoms with Crippen LogP contribution in [0.15, 0.2) is 16.7 Å². The van der Waals surface area contributed by atoms with Crippen LogP contribution in [0.1, 0.15) is 48.8 Å². The van der Waals surface area contributed by atoms with Crippen LogP contribution in [0, 0.1) is 24.7 Å². The Morgan fingerprint density at radius 3 is 2.83 bits per heavy atom. The molecule has 1 amide bonds. The Balaban J connectivity index is 1.43. The van der Waals surface area contributed by atoms with Gasteiger partial charge in [-0.1, -0.05) is 5.16 Å². The van der Waals surface area contributed by atoms with Crippen molar-refractivity contribution in [1.29, 1.82) is 0 Å². The van der Waals surface area contributed by atoms with Crippen molar-refractivity contribution < 1.29 is 9.32 Å². The van der Waals surface area contributed by atoms with E-state index in [0.717, 1.165) is 30.6 Å². The van der Waals surface area contributed by atoms with E-state index in [2.05, 4.69) is 28.4 Å². The van der Waals surface area contributed by atoms with Gasteiger partial charge in [-0.3, -0.25) is 4.79 Å². The van der Waals surface area contributed by atoms with Gasteiger partial charge < -0.3 is 9.84 Å². The number of fused-ring (bicyclic) bond motifs is 2. The van der Waals surface area contributed by atoms with Crippen LogP contribution in [0.5, 0.6) is 0 Å². The van der Waals surface area contributed by atoms with Gasteiger partial charge in [-0.2, -0.15) is 4.98 Å². The molecule has 5 nitrogen and oxygen atoms in total. The first-order valence-corrected chi connectivity index (χ1v) is 9.71. The largest absolute Gasteiger partial charge is 0.353 e. The summed E-state index contributed by atoms with van der Waals surface area (Å²) in [5.74, 6) is 2.65. The van der Waals surface area contributed by atoms with E-state index in [9.17, 15) is 4.79 Å². The molecule has 2 heterocycles. The van der Waals surface area contributed by atoms with Crippen molar-refractivity contribution in [2.45, 2.75) is 51.0 Å². The van der Waals surface area contributed by atoms with Crippen molar-refractivity contribution in [1.82, 2.24) is 15.5 Å². The highest BCUT2D eigenvalue weighted by molar-refractivity contribution is 7.15. The third kappa shape index (κ3) is 2.39. The maximum Gasteiger partial charge on any atom is 0.231 e. The van der Waals surface area contributed by atoms with Gasteiger partial charge in [0.25, 0.3) is 0 Å². The number of hydrogen-bond acceptors (Lipinski definition) is 5. The number of carbonyl (C=O) groups excluding carboxylic acids is 1. The standard InChI is InChI=1S/C18H21N3O2S/c1-9-2-7-13(24-9)16-20-18(23-21-16)15-11-4-3-10(8-11)14(15)17(22)19-12-5-6-12/h2,7,10-12,14-15H,3-6,8H2,1H3,(H,19,22)/t10-,11+,14-,15-/m0/s1. The maximum absolute atomic E-state index is 12.8. The minimum absolute atomic E-state index is 0.0164. The summed E-state index contributed by atoms with van der Waals surface area (Å²) in [7, 11) is 0. The quantitative estimate of drug-likeness (QED) is 0.922. The van der Waals surface area contributed by atoms with Gasteiger partial charge in [-0.05, 0) is 63.0 Å². The number of aromatic nitrogens is 2. The number of hydrogen-bond donors (Lipinski definition) is 1. The molecule has 0 radical (unpaired) electrons. The molecular formula is C18H21N3O2S. The Kier molecular flexibility index (Phi) is 3.30. The van der Waals surface area contributed by atoms with Crippen molar-refractivity contribution in [2.75, 3.05) is 0 Å². The molecular weight excluding hydrogens is 322 g/mol. The third-order valence-electron chi connectivity index (χ3n) is 5.83. The van der Waals surface area contributed by atoms with Gasteiger partial charge in [-0.15, -0.1) is 11.3 Å². The molecule has 2 aromatic heterocycles. The molecule has 4 atom stereocenters. The van der Waals surface area contributed by atoms with E-state index in [0.29, 0.717) is 29.6 Å². The average molecular weight is 343 g/mol. The Morgan fingerprint density at radius 2 is 2.08 bits per heavy atom. The van der Waals surface area contributed by atoms with Crippen molar-refractivity contribution in [3.63, 3.8) is 0 Å². The van der Waals surface area contributed by atoms with Gasteiger partial charge in [0.15, 0.2) is 0 Å². The highest BCUT2D eigenvalue weighted by atomic mass is 32.1. The lowest BCUT2D eigenvalue weighted by atomic mass is 9.78. The number of aryl methyl sites for hydroxylation is 1.